The number of rotatable bonds is 8. The third-order valence-electron chi connectivity index (χ3n) is 2.38. The summed E-state index contributed by atoms with van der Waals surface area (Å²) in [5.41, 5.74) is 6.72. The summed E-state index contributed by atoms with van der Waals surface area (Å²) in [6.45, 7) is 14.2. The Labute approximate surface area is 128 Å². The van der Waals surface area contributed by atoms with Gasteiger partial charge in [0.1, 0.15) is 0 Å². The molecule has 0 aromatic heterocycles. The third-order valence-corrected chi connectivity index (χ3v) is 2.38. The number of aliphatic imine (C=N–C) groups is 1. The van der Waals surface area contributed by atoms with Gasteiger partial charge in [0.25, 0.3) is 0 Å². The first-order valence-corrected chi connectivity index (χ1v) is 6.27. The van der Waals surface area contributed by atoms with E-state index in [1.807, 2.05) is 13.8 Å². The van der Waals surface area contributed by atoms with Crippen LogP contribution in [0, 0.1) is 5.92 Å². The molecule has 0 saturated carbocycles. The highest BCUT2D eigenvalue weighted by Crippen LogP contribution is 2.09. The van der Waals surface area contributed by atoms with Crippen molar-refractivity contribution >= 4 is 29.9 Å². The van der Waals surface area contributed by atoms with E-state index in [9.17, 15) is 0 Å². The topological polar surface area (TPSA) is 59.6 Å². The van der Waals surface area contributed by atoms with E-state index in [0.29, 0.717) is 18.4 Å². The summed E-state index contributed by atoms with van der Waals surface area (Å²) in [6.07, 6.45) is 1.22. The number of nitrogens with one attached hydrogen (secondary N) is 1. The van der Waals surface area contributed by atoms with Crippen molar-refractivity contribution in [3.8, 4) is 0 Å². The van der Waals surface area contributed by atoms with Crippen molar-refractivity contribution in [2.45, 2.75) is 40.2 Å². The zero-order chi connectivity index (χ0) is 13.3. The molecule has 0 rings (SSSR count). The lowest BCUT2D eigenvalue weighted by Gasteiger charge is -2.20. The van der Waals surface area contributed by atoms with E-state index < -0.39 is 0 Å². The molecule has 0 spiro atoms. The van der Waals surface area contributed by atoms with Gasteiger partial charge < -0.3 is 15.8 Å². The summed E-state index contributed by atoms with van der Waals surface area (Å²) in [5, 5.41) is 3.09. The molecule has 0 aliphatic rings. The van der Waals surface area contributed by atoms with Gasteiger partial charge in [-0.1, -0.05) is 26.0 Å². The van der Waals surface area contributed by atoms with Crippen LogP contribution in [0.15, 0.2) is 17.1 Å². The van der Waals surface area contributed by atoms with E-state index >= 15 is 0 Å². The summed E-state index contributed by atoms with van der Waals surface area (Å²) < 4.78 is 5.65. The van der Waals surface area contributed by atoms with E-state index in [0.717, 1.165) is 25.1 Å². The van der Waals surface area contributed by atoms with Crippen LogP contribution in [0.3, 0.4) is 0 Å². The van der Waals surface area contributed by atoms with Gasteiger partial charge in [0.15, 0.2) is 5.96 Å². The SMILES string of the molecule is C=C(C)CN=C(N)NCCC(OCC)C(C)C.I. The number of nitrogens with two attached hydrogens (primary N) is 1. The molecule has 4 nitrogen and oxygen atoms in total. The van der Waals surface area contributed by atoms with Crippen molar-refractivity contribution in [1.82, 2.24) is 5.32 Å². The van der Waals surface area contributed by atoms with Crippen molar-refractivity contribution in [3.05, 3.63) is 12.2 Å². The summed E-state index contributed by atoms with van der Waals surface area (Å²) >= 11 is 0. The lowest BCUT2D eigenvalue weighted by atomic mass is 10.0. The molecule has 0 aliphatic heterocycles. The van der Waals surface area contributed by atoms with Gasteiger partial charge in [0.05, 0.1) is 12.6 Å². The van der Waals surface area contributed by atoms with Crippen LogP contribution < -0.4 is 11.1 Å². The van der Waals surface area contributed by atoms with Gasteiger partial charge in [0, 0.05) is 13.2 Å². The molecule has 0 aromatic carbocycles. The van der Waals surface area contributed by atoms with Crippen LogP contribution in [0.1, 0.15) is 34.1 Å². The Balaban J connectivity index is 0. The second kappa shape index (κ2) is 11.8. The van der Waals surface area contributed by atoms with Crippen LogP contribution in [0.25, 0.3) is 0 Å². The van der Waals surface area contributed by atoms with E-state index in [2.05, 4.69) is 30.7 Å². The van der Waals surface area contributed by atoms with Crippen LogP contribution in [0.4, 0.5) is 0 Å². The first-order chi connectivity index (χ1) is 7.97. The molecule has 108 valence electrons. The number of hydrogen-bond acceptors (Lipinski definition) is 2. The van der Waals surface area contributed by atoms with Crippen LogP contribution in [-0.2, 0) is 4.74 Å². The molecule has 0 saturated heterocycles. The maximum Gasteiger partial charge on any atom is 0.188 e. The fourth-order valence-electron chi connectivity index (χ4n) is 1.44. The monoisotopic (exact) mass is 369 g/mol. The highest BCUT2D eigenvalue weighted by molar-refractivity contribution is 14.0. The molecule has 18 heavy (non-hydrogen) atoms. The molecule has 0 fully saturated rings. The molecule has 1 unspecified atom stereocenters. The van der Waals surface area contributed by atoms with Crippen LogP contribution in [0.2, 0.25) is 0 Å². The Kier molecular flexibility index (Phi) is 13.1. The average molecular weight is 369 g/mol. The molecule has 5 heteroatoms. The summed E-state index contributed by atoms with van der Waals surface area (Å²) in [4.78, 5) is 4.15. The zero-order valence-electron chi connectivity index (χ0n) is 12.0. The fourth-order valence-corrected chi connectivity index (χ4v) is 1.44. The Morgan fingerprint density at radius 2 is 2.06 bits per heavy atom. The first-order valence-electron chi connectivity index (χ1n) is 6.27. The van der Waals surface area contributed by atoms with Crippen molar-refractivity contribution in [3.63, 3.8) is 0 Å². The van der Waals surface area contributed by atoms with Crippen molar-refractivity contribution in [2.75, 3.05) is 19.7 Å². The summed E-state index contributed by atoms with van der Waals surface area (Å²) in [6, 6.07) is 0. The number of ether oxygens (including phenoxy) is 1. The summed E-state index contributed by atoms with van der Waals surface area (Å²) in [5.74, 6) is 0.998. The second-order valence-corrected chi connectivity index (χ2v) is 4.61. The maximum atomic E-state index is 5.72. The maximum absolute atomic E-state index is 5.72. The molecule has 0 aliphatic carbocycles. The van der Waals surface area contributed by atoms with Gasteiger partial charge in [-0.3, -0.25) is 0 Å². The van der Waals surface area contributed by atoms with Gasteiger partial charge in [-0.15, -0.1) is 24.0 Å². The molecule has 0 radical (unpaired) electrons. The summed E-state index contributed by atoms with van der Waals surface area (Å²) in [7, 11) is 0. The average Bonchev–Trinajstić information content (AvgIpc) is 2.25. The zero-order valence-corrected chi connectivity index (χ0v) is 14.4. The minimum Gasteiger partial charge on any atom is -0.378 e. The minimum atomic E-state index is 0. The van der Waals surface area contributed by atoms with E-state index in [4.69, 9.17) is 10.5 Å². The van der Waals surface area contributed by atoms with Crippen molar-refractivity contribution in [2.24, 2.45) is 16.6 Å². The smallest absolute Gasteiger partial charge is 0.188 e. The van der Waals surface area contributed by atoms with Crippen LogP contribution in [-0.4, -0.2) is 31.8 Å². The molecule has 0 amide bonds. The van der Waals surface area contributed by atoms with Crippen molar-refractivity contribution < 1.29 is 4.74 Å². The number of nitrogens with zero attached hydrogens (tertiary/aromatic N) is 1. The highest BCUT2D eigenvalue weighted by atomic mass is 127. The standard InChI is InChI=1S/C13H27N3O.HI/c1-6-17-12(11(4)5)7-8-15-13(14)16-9-10(2)3;/h11-12H,2,6-9H2,1,3-5H3,(H3,14,15,16);1H. The Morgan fingerprint density at radius 3 is 2.50 bits per heavy atom. The molecule has 1 atom stereocenters. The number of hydrogen-bond donors (Lipinski definition) is 2. The van der Waals surface area contributed by atoms with Gasteiger partial charge in [0.2, 0.25) is 0 Å². The van der Waals surface area contributed by atoms with Crippen LogP contribution >= 0.6 is 24.0 Å². The molecule has 0 bridgehead atoms. The second-order valence-electron chi connectivity index (χ2n) is 4.61. The normalized spacial score (nSPS) is 13.1. The molecular weight excluding hydrogens is 341 g/mol. The minimum absolute atomic E-state index is 0. The van der Waals surface area contributed by atoms with E-state index in [-0.39, 0.29) is 30.1 Å². The van der Waals surface area contributed by atoms with Gasteiger partial charge in [-0.05, 0) is 26.2 Å². The Hall–Kier alpha value is -0.300. The number of halogens is 1. The van der Waals surface area contributed by atoms with Gasteiger partial charge in [-0.25, -0.2) is 4.99 Å². The lowest BCUT2D eigenvalue weighted by Crippen LogP contribution is -2.35. The molecular formula is C13H28IN3O. The first kappa shape index (κ1) is 20.0. The molecule has 3 N–H and O–H groups in total. The quantitative estimate of drug-likeness (QED) is 0.299. The highest BCUT2D eigenvalue weighted by Gasteiger charge is 2.12. The van der Waals surface area contributed by atoms with E-state index in [1.54, 1.807) is 0 Å². The number of guanidine groups is 1. The Bertz CT molecular complexity index is 255. The predicted octanol–water partition coefficient (Wildman–Crippen LogP) is 2.54. The largest absolute Gasteiger partial charge is 0.378 e. The van der Waals surface area contributed by atoms with E-state index in [1.165, 1.54) is 0 Å². The predicted molar refractivity (Wildman–Crippen MR) is 89.6 cm³/mol. The lowest BCUT2D eigenvalue weighted by molar-refractivity contribution is 0.0258. The molecule has 0 heterocycles. The third kappa shape index (κ3) is 10.8. The van der Waals surface area contributed by atoms with Crippen molar-refractivity contribution in [1.29, 1.82) is 0 Å². The fraction of sp³-hybridized carbons (Fsp3) is 0.769. The Morgan fingerprint density at radius 1 is 1.44 bits per heavy atom. The van der Waals surface area contributed by atoms with Gasteiger partial charge >= 0.3 is 0 Å². The molecule has 0 aromatic rings. The van der Waals surface area contributed by atoms with Gasteiger partial charge in [-0.2, -0.15) is 0 Å². The van der Waals surface area contributed by atoms with Crippen LogP contribution in [0.5, 0.6) is 0 Å².